The van der Waals surface area contributed by atoms with Crippen LogP contribution in [0.5, 0.6) is 0 Å². The maximum atomic E-state index is 13.9. The van der Waals surface area contributed by atoms with Gasteiger partial charge in [0.05, 0.1) is 0 Å². The summed E-state index contributed by atoms with van der Waals surface area (Å²) in [5.41, 5.74) is 7.13. The first kappa shape index (κ1) is 14.3. The van der Waals surface area contributed by atoms with Crippen molar-refractivity contribution in [2.24, 2.45) is 11.7 Å². The lowest BCUT2D eigenvalue weighted by Crippen LogP contribution is -2.36. The van der Waals surface area contributed by atoms with E-state index in [0.29, 0.717) is 17.5 Å². The van der Waals surface area contributed by atoms with E-state index in [1.54, 1.807) is 6.07 Å². The van der Waals surface area contributed by atoms with Crippen LogP contribution in [-0.2, 0) is 6.54 Å². The Hall–Kier alpha value is -1.09. The molecule has 0 radical (unpaired) electrons. The summed E-state index contributed by atoms with van der Waals surface area (Å²) in [7, 11) is 0. The first-order chi connectivity index (χ1) is 9.11. The molecule has 1 aliphatic carbocycles. The van der Waals surface area contributed by atoms with Crippen molar-refractivity contribution in [2.45, 2.75) is 52.1 Å². The summed E-state index contributed by atoms with van der Waals surface area (Å²) < 4.78 is 13.9. The van der Waals surface area contributed by atoms with Crippen LogP contribution in [0.4, 0.5) is 10.1 Å². The predicted octanol–water partition coefficient (Wildman–Crippen LogP) is 3.69. The van der Waals surface area contributed by atoms with E-state index in [-0.39, 0.29) is 12.4 Å². The monoisotopic (exact) mass is 264 g/mol. The van der Waals surface area contributed by atoms with Gasteiger partial charge in [-0.25, -0.2) is 4.39 Å². The van der Waals surface area contributed by atoms with Crippen molar-refractivity contribution in [3.63, 3.8) is 0 Å². The number of hydrogen-bond acceptors (Lipinski definition) is 2. The minimum atomic E-state index is -0.174. The van der Waals surface area contributed by atoms with Crippen LogP contribution in [0.1, 0.15) is 45.1 Å². The molecule has 2 nitrogen and oxygen atoms in total. The van der Waals surface area contributed by atoms with Crippen molar-refractivity contribution < 1.29 is 4.39 Å². The van der Waals surface area contributed by atoms with Gasteiger partial charge in [-0.15, -0.1) is 0 Å². The third kappa shape index (κ3) is 3.47. The Morgan fingerprint density at radius 1 is 1.32 bits per heavy atom. The Labute approximate surface area is 115 Å². The fraction of sp³-hybridized carbons (Fsp3) is 0.625. The van der Waals surface area contributed by atoms with Crippen LogP contribution in [0.3, 0.4) is 0 Å². The summed E-state index contributed by atoms with van der Waals surface area (Å²) in [6.07, 6.45) is 5.05. The molecule has 0 spiro atoms. The second kappa shape index (κ2) is 6.38. The summed E-state index contributed by atoms with van der Waals surface area (Å²) in [6, 6.07) is 6.08. The number of nitrogens with two attached hydrogens (primary N) is 1. The van der Waals surface area contributed by atoms with Gasteiger partial charge in [0.1, 0.15) is 5.82 Å². The standard InChI is InChI=1S/C16H25FN2/c1-12(2)11-19(14-5-3-4-6-14)15-8-7-13(10-18)16(17)9-15/h7-9,12,14H,3-6,10-11,18H2,1-2H3. The van der Waals surface area contributed by atoms with E-state index in [1.165, 1.54) is 25.7 Å². The molecule has 2 rings (SSSR count). The van der Waals surface area contributed by atoms with Crippen molar-refractivity contribution in [2.75, 3.05) is 11.4 Å². The summed E-state index contributed by atoms with van der Waals surface area (Å²) >= 11 is 0. The topological polar surface area (TPSA) is 29.3 Å². The smallest absolute Gasteiger partial charge is 0.129 e. The van der Waals surface area contributed by atoms with Gasteiger partial charge < -0.3 is 10.6 Å². The van der Waals surface area contributed by atoms with Crippen LogP contribution in [0, 0.1) is 11.7 Å². The Morgan fingerprint density at radius 3 is 2.53 bits per heavy atom. The van der Waals surface area contributed by atoms with Crippen LogP contribution >= 0.6 is 0 Å². The molecular weight excluding hydrogens is 239 g/mol. The minimum Gasteiger partial charge on any atom is -0.368 e. The molecule has 106 valence electrons. The third-order valence-corrected chi connectivity index (χ3v) is 3.92. The van der Waals surface area contributed by atoms with Gasteiger partial charge in [0.2, 0.25) is 0 Å². The first-order valence-electron chi connectivity index (χ1n) is 7.37. The molecule has 2 N–H and O–H groups in total. The quantitative estimate of drug-likeness (QED) is 0.879. The summed E-state index contributed by atoms with van der Waals surface area (Å²) in [5, 5.41) is 0. The summed E-state index contributed by atoms with van der Waals surface area (Å²) in [5.74, 6) is 0.407. The molecule has 1 aromatic carbocycles. The lowest BCUT2D eigenvalue weighted by Gasteiger charge is -2.33. The van der Waals surface area contributed by atoms with E-state index in [0.717, 1.165) is 12.2 Å². The van der Waals surface area contributed by atoms with E-state index >= 15 is 0 Å². The lowest BCUT2D eigenvalue weighted by molar-refractivity contribution is 0.533. The van der Waals surface area contributed by atoms with Crippen molar-refractivity contribution in [1.82, 2.24) is 0 Å². The van der Waals surface area contributed by atoms with Gasteiger partial charge in [-0.3, -0.25) is 0 Å². The van der Waals surface area contributed by atoms with Gasteiger partial charge in [-0.1, -0.05) is 32.8 Å². The van der Waals surface area contributed by atoms with Gasteiger partial charge in [-0.05, 0) is 30.9 Å². The Balaban J connectivity index is 2.23. The Kier molecular flexibility index (Phi) is 4.81. The number of anilines is 1. The lowest BCUT2D eigenvalue weighted by atomic mass is 10.1. The maximum Gasteiger partial charge on any atom is 0.129 e. The van der Waals surface area contributed by atoms with Gasteiger partial charge in [0, 0.05) is 30.4 Å². The highest BCUT2D eigenvalue weighted by atomic mass is 19.1. The third-order valence-electron chi connectivity index (χ3n) is 3.92. The predicted molar refractivity (Wildman–Crippen MR) is 78.7 cm³/mol. The molecule has 0 bridgehead atoms. The zero-order chi connectivity index (χ0) is 13.8. The average Bonchev–Trinajstić information content (AvgIpc) is 2.89. The van der Waals surface area contributed by atoms with E-state index < -0.39 is 0 Å². The number of nitrogens with zero attached hydrogens (tertiary/aromatic N) is 1. The molecule has 0 atom stereocenters. The first-order valence-corrected chi connectivity index (χ1v) is 7.37. The number of halogens is 1. The average molecular weight is 264 g/mol. The highest BCUT2D eigenvalue weighted by molar-refractivity contribution is 5.49. The van der Waals surface area contributed by atoms with Crippen molar-refractivity contribution >= 4 is 5.69 Å². The number of hydrogen-bond donors (Lipinski definition) is 1. The molecule has 1 fully saturated rings. The molecule has 0 heterocycles. The van der Waals surface area contributed by atoms with Crippen LogP contribution < -0.4 is 10.6 Å². The summed E-state index contributed by atoms with van der Waals surface area (Å²) in [4.78, 5) is 2.39. The summed E-state index contributed by atoms with van der Waals surface area (Å²) in [6.45, 7) is 5.69. The van der Waals surface area contributed by atoms with Crippen LogP contribution in [0.25, 0.3) is 0 Å². The molecule has 0 aromatic heterocycles. The van der Waals surface area contributed by atoms with Gasteiger partial charge >= 0.3 is 0 Å². The zero-order valence-corrected chi connectivity index (χ0v) is 12.0. The molecule has 1 saturated carbocycles. The maximum absolute atomic E-state index is 13.9. The SMILES string of the molecule is CC(C)CN(c1ccc(CN)c(F)c1)C1CCCC1. The van der Waals surface area contributed by atoms with E-state index in [1.807, 2.05) is 12.1 Å². The van der Waals surface area contributed by atoms with Gasteiger partial charge in [0.15, 0.2) is 0 Å². The minimum absolute atomic E-state index is 0.174. The zero-order valence-electron chi connectivity index (χ0n) is 12.0. The number of benzene rings is 1. The van der Waals surface area contributed by atoms with Crippen molar-refractivity contribution in [3.8, 4) is 0 Å². The normalized spacial score (nSPS) is 16.3. The molecule has 0 saturated heterocycles. The fourth-order valence-corrected chi connectivity index (χ4v) is 2.96. The largest absolute Gasteiger partial charge is 0.368 e. The highest BCUT2D eigenvalue weighted by Crippen LogP contribution is 2.30. The van der Waals surface area contributed by atoms with E-state index in [4.69, 9.17) is 5.73 Å². The molecule has 1 aromatic rings. The van der Waals surface area contributed by atoms with Crippen LogP contribution in [-0.4, -0.2) is 12.6 Å². The van der Waals surface area contributed by atoms with Gasteiger partial charge in [0.25, 0.3) is 0 Å². The molecule has 0 aliphatic heterocycles. The molecule has 1 aliphatic rings. The Morgan fingerprint density at radius 2 is 2.00 bits per heavy atom. The molecule has 0 amide bonds. The van der Waals surface area contributed by atoms with Crippen LogP contribution in [0.15, 0.2) is 18.2 Å². The second-order valence-electron chi connectivity index (χ2n) is 5.96. The van der Waals surface area contributed by atoms with E-state index in [9.17, 15) is 4.39 Å². The molecular formula is C16H25FN2. The fourth-order valence-electron chi connectivity index (χ4n) is 2.96. The molecule has 0 unspecified atom stereocenters. The highest BCUT2D eigenvalue weighted by Gasteiger charge is 2.24. The Bertz CT molecular complexity index is 411. The van der Waals surface area contributed by atoms with Crippen molar-refractivity contribution in [1.29, 1.82) is 0 Å². The molecule has 19 heavy (non-hydrogen) atoms. The van der Waals surface area contributed by atoms with Crippen LogP contribution in [0.2, 0.25) is 0 Å². The van der Waals surface area contributed by atoms with Crippen molar-refractivity contribution in [3.05, 3.63) is 29.6 Å². The van der Waals surface area contributed by atoms with Gasteiger partial charge in [-0.2, -0.15) is 0 Å². The number of rotatable bonds is 5. The molecule has 3 heteroatoms. The second-order valence-corrected chi connectivity index (χ2v) is 5.96. The van der Waals surface area contributed by atoms with E-state index in [2.05, 4.69) is 18.7 Å².